The standard InChI is InChI=1S/C17H36N2O3/c1-4-5-6-7-8-9-10-17(22)19(12-11-18(2)3)13-16(14-20)15-21/h16,20-21H,4-15H2,1-3H3. The van der Waals surface area contributed by atoms with Crippen LogP contribution in [0, 0.1) is 5.92 Å². The van der Waals surface area contributed by atoms with Gasteiger partial charge in [-0.1, -0.05) is 39.0 Å². The normalized spacial score (nSPS) is 11.4. The number of likely N-dealkylation sites (N-methyl/N-ethyl adjacent to an activating group) is 1. The molecule has 0 aromatic rings. The van der Waals surface area contributed by atoms with Crippen molar-refractivity contribution in [3.05, 3.63) is 0 Å². The van der Waals surface area contributed by atoms with Gasteiger partial charge < -0.3 is 20.0 Å². The van der Waals surface area contributed by atoms with E-state index >= 15 is 0 Å². The molecule has 0 saturated heterocycles. The van der Waals surface area contributed by atoms with Gasteiger partial charge in [-0.25, -0.2) is 0 Å². The summed E-state index contributed by atoms with van der Waals surface area (Å²) in [7, 11) is 3.96. The number of hydrogen-bond donors (Lipinski definition) is 2. The summed E-state index contributed by atoms with van der Waals surface area (Å²) in [4.78, 5) is 16.2. The second-order valence-electron chi connectivity index (χ2n) is 6.39. The minimum Gasteiger partial charge on any atom is -0.396 e. The van der Waals surface area contributed by atoms with Crippen LogP contribution in [0.1, 0.15) is 51.9 Å². The summed E-state index contributed by atoms with van der Waals surface area (Å²) in [6, 6.07) is 0. The van der Waals surface area contributed by atoms with Gasteiger partial charge in [0.05, 0.1) is 0 Å². The maximum absolute atomic E-state index is 12.4. The SMILES string of the molecule is CCCCCCCCC(=O)N(CCN(C)C)CC(CO)CO. The molecule has 22 heavy (non-hydrogen) atoms. The third-order valence-electron chi connectivity index (χ3n) is 3.91. The topological polar surface area (TPSA) is 64.0 Å². The fourth-order valence-electron chi connectivity index (χ4n) is 2.34. The van der Waals surface area contributed by atoms with Crippen LogP contribution in [0.5, 0.6) is 0 Å². The molecule has 0 aliphatic rings. The number of amides is 1. The van der Waals surface area contributed by atoms with Gasteiger partial charge in [-0.05, 0) is 20.5 Å². The van der Waals surface area contributed by atoms with Gasteiger partial charge in [0.25, 0.3) is 0 Å². The average molecular weight is 316 g/mol. The molecule has 0 aliphatic heterocycles. The van der Waals surface area contributed by atoms with Crippen molar-refractivity contribution in [3.8, 4) is 0 Å². The second-order valence-corrected chi connectivity index (χ2v) is 6.39. The van der Waals surface area contributed by atoms with Crippen LogP contribution < -0.4 is 0 Å². The average Bonchev–Trinajstić information content (AvgIpc) is 2.50. The fraction of sp³-hybridized carbons (Fsp3) is 0.941. The van der Waals surface area contributed by atoms with Crippen molar-refractivity contribution in [1.29, 1.82) is 0 Å². The summed E-state index contributed by atoms with van der Waals surface area (Å²) in [6.07, 6.45) is 7.59. The van der Waals surface area contributed by atoms with E-state index in [1.54, 1.807) is 4.90 Å². The molecule has 0 aliphatic carbocycles. The Labute approximate surface area is 136 Å². The van der Waals surface area contributed by atoms with Crippen molar-refractivity contribution >= 4 is 5.91 Å². The van der Waals surface area contributed by atoms with Crippen LogP contribution in [-0.4, -0.2) is 72.9 Å². The van der Waals surface area contributed by atoms with Gasteiger partial charge in [-0.15, -0.1) is 0 Å². The Bertz CT molecular complexity index is 269. The molecule has 0 aromatic carbocycles. The number of carbonyl (C=O) groups is 1. The Morgan fingerprint density at radius 2 is 1.55 bits per heavy atom. The number of unbranched alkanes of at least 4 members (excludes halogenated alkanes) is 5. The van der Waals surface area contributed by atoms with E-state index in [1.165, 1.54) is 25.7 Å². The first-order valence-electron chi connectivity index (χ1n) is 8.69. The van der Waals surface area contributed by atoms with E-state index in [1.807, 2.05) is 19.0 Å². The third kappa shape index (κ3) is 11.0. The van der Waals surface area contributed by atoms with E-state index in [-0.39, 0.29) is 25.0 Å². The van der Waals surface area contributed by atoms with E-state index in [0.29, 0.717) is 19.5 Å². The first-order valence-corrected chi connectivity index (χ1v) is 8.69. The van der Waals surface area contributed by atoms with E-state index in [9.17, 15) is 15.0 Å². The zero-order valence-corrected chi connectivity index (χ0v) is 14.8. The number of rotatable bonds is 14. The van der Waals surface area contributed by atoms with Crippen molar-refractivity contribution < 1.29 is 15.0 Å². The van der Waals surface area contributed by atoms with Gasteiger partial charge in [-0.2, -0.15) is 0 Å². The van der Waals surface area contributed by atoms with Gasteiger partial charge >= 0.3 is 0 Å². The number of aliphatic hydroxyl groups excluding tert-OH is 2. The van der Waals surface area contributed by atoms with E-state index in [2.05, 4.69) is 6.92 Å². The van der Waals surface area contributed by atoms with Crippen molar-refractivity contribution in [3.63, 3.8) is 0 Å². The molecule has 0 fully saturated rings. The molecule has 5 heteroatoms. The molecule has 132 valence electrons. The molecule has 0 spiro atoms. The Morgan fingerprint density at radius 1 is 0.955 bits per heavy atom. The zero-order chi connectivity index (χ0) is 16.8. The Hall–Kier alpha value is -0.650. The van der Waals surface area contributed by atoms with Gasteiger partial charge in [0.1, 0.15) is 0 Å². The lowest BCUT2D eigenvalue weighted by molar-refractivity contribution is -0.132. The molecule has 0 atom stereocenters. The van der Waals surface area contributed by atoms with E-state index in [4.69, 9.17) is 0 Å². The summed E-state index contributed by atoms with van der Waals surface area (Å²) in [6.45, 7) is 3.92. The van der Waals surface area contributed by atoms with Crippen LogP contribution >= 0.6 is 0 Å². The predicted molar refractivity (Wildman–Crippen MR) is 90.8 cm³/mol. The lowest BCUT2D eigenvalue weighted by Crippen LogP contribution is -2.41. The minimum absolute atomic E-state index is 0.0841. The molecule has 0 unspecified atom stereocenters. The van der Waals surface area contributed by atoms with Crippen LogP contribution in [0.15, 0.2) is 0 Å². The number of carbonyl (C=O) groups excluding carboxylic acids is 1. The van der Waals surface area contributed by atoms with Crippen molar-refractivity contribution in [1.82, 2.24) is 9.80 Å². The summed E-state index contributed by atoms with van der Waals surface area (Å²) in [5.41, 5.74) is 0. The maximum atomic E-state index is 12.4. The highest BCUT2D eigenvalue weighted by Gasteiger charge is 2.18. The van der Waals surface area contributed by atoms with Crippen LogP contribution in [0.4, 0.5) is 0 Å². The highest BCUT2D eigenvalue weighted by molar-refractivity contribution is 5.76. The smallest absolute Gasteiger partial charge is 0.222 e. The zero-order valence-electron chi connectivity index (χ0n) is 14.8. The van der Waals surface area contributed by atoms with Gasteiger partial charge in [0, 0.05) is 45.2 Å². The second kappa shape index (κ2) is 14.0. The summed E-state index contributed by atoms with van der Waals surface area (Å²) >= 11 is 0. The molecule has 2 N–H and O–H groups in total. The van der Waals surface area contributed by atoms with Crippen LogP contribution in [0.2, 0.25) is 0 Å². The first-order chi connectivity index (χ1) is 10.5. The van der Waals surface area contributed by atoms with Crippen LogP contribution in [0.25, 0.3) is 0 Å². The summed E-state index contributed by atoms with van der Waals surface area (Å²) in [5, 5.41) is 18.4. The monoisotopic (exact) mass is 316 g/mol. The first kappa shape index (κ1) is 21.4. The molecular weight excluding hydrogens is 280 g/mol. The van der Waals surface area contributed by atoms with Crippen LogP contribution in [-0.2, 0) is 4.79 Å². The van der Waals surface area contributed by atoms with Crippen molar-refractivity contribution in [2.75, 3.05) is 46.9 Å². The van der Waals surface area contributed by atoms with Crippen molar-refractivity contribution in [2.45, 2.75) is 51.9 Å². The summed E-state index contributed by atoms with van der Waals surface area (Å²) < 4.78 is 0. The Balaban J connectivity index is 4.18. The third-order valence-corrected chi connectivity index (χ3v) is 3.91. The molecule has 0 radical (unpaired) electrons. The largest absolute Gasteiger partial charge is 0.396 e. The molecule has 5 nitrogen and oxygen atoms in total. The number of aliphatic hydroxyl groups is 2. The highest BCUT2D eigenvalue weighted by atomic mass is 16.3. The summed E-state index contributed by atoms with van der Waals surface area (Å²) in [5.74, 6) is -0.0973. The lowest BCUT2D eigenvalue weighted by Gasteiger charge is -2.27. The minimum atomic E-state index is -0.240. The molecule has 1 amide bonds. The molecule has 0 rings (SSSR count). The Morgan fingerprint density at radius 3 is 2.09 bits per heavy atom. The number of hydrogen-bond acceptors (Lipinski definition) is 4. The van der Waals surface area contributed by atoms with E-state index < -0.39 is 0 Å². The van der Waals surface area contributed by atoms with E-state index in [0.717, 1.165) is 19.4 Å². The Kier molecular flexibility index (Phi) is 13.6. The fourth-order valence-corrected chi connectivity index (χ4v) is 2.34. The highest BCUT2D eigenvalue weighted by Crippen LogP contribution is 2.10. The quantitative estimate of drug-likeness (QED) is 0.479. The van der Waals surface area contributed by atoms with Gasteiger partial charge in [0.2, 0.25) is 5.91 Å². The van der Waals surface area contributed by atoms with Crippen LogP contribution in [0.3, 0.4) is 0 Å². The predicted octanol–water partition coefficient (Wildman–Crippen LogP) is 1.73. The lowest BCUT2D eigenvalue weighted by atomic mass is 10.1. The van der Waals surface area contributed by atoms with Crippen molar-refractivity contribution in [2.24, 2.45) is 5.92 Å². The maximum Gasteiger partial charge on any atom is 0.222 e. The van der Waals surface area contributed by atoms with Gasteiger partial charge in [0.15, 0.2) is 0 Å². The molecule has 0 heterocycles. The molecule has 0 aromatic heterocycles. The molecule has 0 saturated carbocycles. The van der Waals surface area contributed by atoms with Gasteiger partial charge in [-0.3, -0.25) is 4.79 Å². The number of nitrogens with zero attached hydrogens (tertiary/aromatic N) is 2. The molecule has 0 bridgehead atoms. The molecular formula is C17H36N2O3.